The lowest BCUT2D eigenvalue weighted by molar-refractivity contribution is 0.602. The normalized spacial score (nSPS) is 11.2. The van der Waals surface area contributed by atoms with Gasteiger partial charge in [-0.1, -0.05) is 23.2 Å². The molecule has 0 aliphatic heterocycles. The van der Waals surface area contributed by atoms with E-state index in [4.69, 9.17) is 23.2 Å². The van der Waals surface area contributed by atoms with E-state index < -0.39 is 9.84 Å². The number of hydrogen-bond acceptors (Lipinski definition) is 6. The van der Waals surface area contributed by atoms with Crippen molar-refractivity contribution in [1.29, 1.82) is 0 Å². The zero-order valence-corrected chi connectivity index (χ0v) is 13.5. The summed E-state index contributed by atoms with van der Waals surface area (Å²) in [7, 11) is -1.62. The molecule has 112 valence electrons. The summed E-state index contributed by atoms with van der Waals surface area (Å²) in [6, 6.07) is 4.38. The minimum absolute atomic E-state index is 0.144. The number of nitrogens with one attached hydrogen (secondary N) is 2. The average Bonchev–Trinajstić information content (AvgIpc) is 2.42. The van der Waals surface area contributed by atoms with Crippen LogP contribution in [-0.2, 0) is 9.84 Å². The summed E-state index contributed by atoms with van der Waals surface area (Å²) < 4.78 is 22.9. The summed E-state index contributed by atoms with van der Waals surface area (Å²) in [6.45, 7) is 0. The number of benzene rings is 1. The van der Waals surface area contributed by atoms with E-state index in [1.807, 2.05) is 0 Å². The molecule has 6 nitrogen and oxygen atoms in total. The van der Waals surface area contributed by atoms with E-state index in [-0.39, 0.29) is 15.9 Å². The predicted molar refractivity (Wildman–Crippen MR) is 84.4 cm³/mol. The van der Waals surface area contributed by atoms with E-state index >= 15 is 0 Å². The van der Waals surface area contributed by atoms with Crippen LogP contribution in [0.15, 0.2) is 29.3 Å². The zero-order valence-electron chi connectivity index (χ0n) is 11.2. The van der Waals surface area contributed by atoms with E-state index in [2.05, 4.69) is 20.6 Å². The number of halogens is 2. The van der Waals surface area contributed by atoms with E-state index in [9.17, 15) is 8.42 Å². The molecule has 9 heteroatoms. The van der Waals surface area contributed by atoms with Crippen molar-refractivity contribution in [2.45, 2.75) is 4.90 Å². The highest BCUT2D eigenvalue weighted by molar-refractivity contribution is 7.90. The minimum atomic E-state index is -3.30. The first-order valence-corrected chi connectivity index (χ1v) is 8.43. The van der Waals surface area contributed by atoms with E-state index in [0.29, 0.717) is 16.5 Å². The van der Waals surface area contributed by atoms with Crippen LogP contribution in [-0.4, -0.2) is 31.7 Å². The fourth-order valence-electron chi connectivity index (χ4n) is 1.55. The molecule has 0 radical (unpaired) electrons. The molecule has 0 atom stereocenters. The quantitative estimate of drug-likeness (QED) is 0.885. The maximum atomic E-state index is 11.4. The predicted octanol–water partition coefficient (Wildman–Crippen LogP) is 2.97. The summed E-state index contributed by atoms with van der Waals surface area (Å²) in [5, 5.41) is 6.38. The first-order chi connectivity index (χ1) is 9.81. The molecule has 21 heavy (non-hydrogen) atoms. The third kappa shape index (κ3) is 3.75. The molecule has 0 saturated carbocycles. The molecular formula is C12H12Cl2N4O2S. The Bertz CT molecular complexity index is 781. The van der Waals surface area contributed by atoms with Crippen molar-refractivity contribution in [3.63, 3.8) is 0 Å². The molecule has 1 aromatic heterocycles. The van der Waals surface area contributed by atoms with Crippen molar-refractivity contribution in [1.82, 2.24) is 9.97 Å². The molecule has 0 unspecified atom stereocenters. The van der Waals surface area contributed by atoms with Gasteiger partial charge in [0.25, 0.3) is 0 Å². The molecule has 2 rings (SSSR count). The first-order valence-electron chi connectivity index (χ1n) is 5.78. The second kappa shape index (κ2) is 6.05. The summed E-state index contributed by atoms with van der Waals surface area (Å²) in [6.07, 6.45) is 2.56. The number of anilines is 3. The molecular weight excluding hydrogens is 335 g/mol. The molecule has 0 amide bonds. The van der Waals surface area contributed by atoms with E-state index in [1.54, 1.807) is 13.1 Å². The summed E-state index contributed by atoms with van der Waals surface area (Å²) in [5.74, 6) is 0.760. The summed E-state index contributed by atoms with van der Waals surface area (Å²) >= 11 is 12.0. The van der Waals surface area contributed by atoms with Crippen molar-refractivity contribution < 1.29 is 8.42 Å². The minimum Gasteiger partial charge on any atom is -0.372 e. The van der Waals surface area contributed by atoms with Crippen molar-refractivity contribution in [2.24, 2.45) is 0 Å². The molecule has 0 fully saturated rings. The van der Waals surface area contributed by atoms with Crippen LogP contribution >= 0.6 is 23.2 Å². The van der Waals surface area contributed by atoms with Gasteiger partial charge >= 0.3 is 0 Å². The smallest absolute Gasteiger partial charge is 0.229 e. The Kier molecular flexibility index (Phi) is 4.55. The fraction of sp³-hybridized carbons (Fsp3) is 0.167. The van der Waals surface area contributed by atoms with Crippen LogP contribution in [0.2, 0.25) is 10.0 Å². The second-order valence-corrected chi connectivity index (χ2v) is 7.01. The Balaban J connectivity index is 2.32. The molecule has 1 aromatic carbocycles. The summed E-state index contributed by atoms with van der Waals surface area (Å²) in [4.78, 5) is 8.32. The lowest BCUT2D eigenvalue weighted by atomic mass is 10.3. The summed E-state index contributed by atoms with van der Waals surface area (Å²) in [5.41, 5.74) is 0.494. The number of sulfone groups is 1. The number of rotatable bonds is 4. The lowest BCUT2D eigenvalue weighted by Gasteiger charge is -2.10. The zero-order chi connectivity index (χ0) is 15.6. The van der Waals surface area contributed by atoms with Gasteiger partial charge in [0.1, 0.15) is 10.8 Å². The van der Waals surface area contributed by atoms with Crippen molar-refractivity contribution in [3.8, 4) is 0 Å². The van der Waals surface area contributed by atoms with E-state index in [0.717, 1.165) is 6.26 Å². The van der Waals surface area contributed by atoms with Gasteiger partial charge in [-0.3, -0.25) is 0 Å². The van der Waals surface area contributed by atoms with Crippen LogP contribution in [0, 0.1) is 0 Å². The maximum absolute atomic E-state index is 11.4. The molecule has 0 saturated heterocycles. The SMILES string of the molecule is CNc1nc(Nc2ccc(S(C)(=O)=O)cc2Cl)ncc1Cl. The van der Waals surface area contributed by atoms with Crippen LogP contribution in [0.25, 0.3) is 0 Å². The van der Waals surface area contributed by atoms with Gasteiger partial charge in [-0.15, -0.1) is 0 Å². The topological polar surface area (TPSA) is 84.0 Å². The van der Waals surface area contributed by atoms with Gasteiger partial charge in [-0.25, -0.2) is 13.4 Å². The van der Waals surface area contributed by atoms with Gasteiger partial charge in [0, 0.05) is 13.3 Å². The number of nitrogens with zero attached hydrogens (tertiary/aromatic N) is 2. The van der Waals surface area contributed by atoms with E-state index in [1.165, 1.54) is 18.3 Å². The van der Waals surface area contributed by atoms with Gasteiger partial charge in [-0.2, -0.15) is 4.98 Å². The van der Waals surface area contributed by atoms with Crippen LogP contribution < -0.4 is 10.6 Å². The van der Waals surface area contributed by atoms with Gasteiger partial charge in [0.15, 0.2) is 9.84 Å². The molecule has 2 N–H and O–H groups in total. The Morgan fingerprint density at radius 2 is 1.90 bits per heavy atom. The molecule has 0 aliphatic carbocycles. The Morgan fingerprint density at radius 3 is 2.48 bits per heavy atom. The number of hydrogen-bond donors (Lipinski definition) is 2. The second-order valence-electron chi connectivity index (χ2n) is 4.18. The Morgan fingerprint density at radius 1 is 1.19 bits per heavy atom. The largest absolute Gasteiger partial charge is 0.372 e. The third-order valence-corrected chi connectivity index (χ3v) is 4.30. The molecule has 0 aliphatic rings. The fourth-order valence-corrected chi connectivity index (χ4v) is 2.68. The van der Waals surface area contributed by atoms with Crippen LogP contribution in [0.3, 0.4) is 0 Å². The maximum Gasteiger partial charge on any atom is 0.229 e. The molecule has 2 aromatic rings. The average molecular weight is 347 g/mol. The van der Waals surface area contributed by atoms with Gasteiger partial charge in [0.05, 0.1) is 21.8 Å². The van der Waals surface area contributed by atoms with Gasteiger partial charge < -0.3 is 10.6 Å². The Hall–Kier alpha value is -1.57. The monoisotopic (exact) mass is 346 g/mol. The molecule has 0 bridgehead atoms. The van der Waals surface area contributed by atoms with Crippen molar-refractivity contribution in [3.05, 3.63) is 34.4 Å². The first kappa shape index (κ1) is 15.8. The van der Waals surface area contributed by atoms with Crippen LogP contribution in [0.4, 0.5) is 17.5 Å². The van der Waals surface area contributed by atoms with Crippen LogP contribution in [0.5, 0.6) is 0 Å². The third-order valence-electron chi connectivity index (χ3n) is 2.60. The Labute approximate surface area is 132 Å². The lowest BCUT2D eigenvalue weighted by Crippen LogP contribution is -2.02. The highest BCUT2D eigenvalue weighted by Gasteiger charge is 2.11. The van der Waals surface area contributed by atoms with Gasteiger partial charge in [0.2, 0.25) is 5.95 Å². The highest BCUT2D eigenvalue weighted by atomic mass is 35.5. The van der Waals surface area contributed by atoms with Crippen LogP contribution in [0.1, 0.15) is 0 Å². The van der Waals surface area contributed by atoms with Crippen molar-refractivity contribution in [2.75, 3.05) is 23.9 Å². The standard InChI is InChI=1S/C12H12Cl2N4O2S/c1-15-11-9(14)6-16-12(18-11)17-10-4-3-7(5-8(10)13)21(2,19)20/h3-6H,1-2H3,(H2,15,16,17,18). The molecule has 1 heterocycles. The number of aromatic nitrogens is 2. The van der Waals surface area contributed by atoms with Gasteiger partial charge in [-0.05, 0) is 18.2 Å². The van der Waals surface area contributed by atoms with Crippen molar-refractivity contribution >= 4 is 50.5 Å². The molecule has 0 spiro atoms. The highest BCUT2D eigenvalue weighted by Crippen LogP contribution is 2.28.